The van der Waals surface area contributed by atoms with E-state index >= 15 is 0 Å². The molecule has 0 N–H and O–H groups in total. The number of methoxy groups -OCH3 is 1. The first-order chi connectivity index (χ1) is 17.6. The van der Waals surface area contributed by atoms with Crippen molar-refractivity contribution in [1.29, 1.82) is 0 Å². The minimum absolute atomic E-state index is 0.0122. The number of hydrogen-bond acceptors (Lipinski definition) is 9. The Bertz CT molecular complexity index is 1540. The number of rotatable bonds is 8. The van der Waals surface area contributed by atoms with Crippen LogP contribution >= 0.6 is 27.7 Å². The fourth-order valence-corrected chi connectivity index (χ4v) is 5.85. The van der Waals surface area contributed by atoms with E-state index < -0.39 is 36.8 Å². The predicted octanol–water partition coefficient (Wildman–Crippen LogP) is 5.37. The lowest BCUT2D eigenvalue weighted by Gasteiger charge is -2.14. The van der Waals surface area contributed by atoms with Crippen LogP contribution in [-0.4, -0.2) is 36.5 Å². The number of carbonyl (C=O) groups is 2. The molecule has 3 aromatic rings. The van der Waals surface area contributed by atoms with Crippen molar-refractivity contribution in [1.82, 2.24) is 4.90 Å². The van der Waals surface area contributed by atoms with Crippen molar-refractivity contribution >= 4 is 60.7 Å². The Morgan fingerprint density at radius 2 is 1.81 bits per heavy atom. The summed E-state index contributed by atoms with van der Waals surface area (Å²) >= 11 is 4.05. The lowest BCUT2D eigenvalue weighted by molar-refractivity contribution is -0.385. The zero-order valence-electron chi connectivity index (χ0n) is 19.0. The molecule has 0 radical (unpaired) electrons. The SMILES string of the molecule is COc1cc(/C=C2\SC(=O)N(Cc3ccccc3)C2=O)cc(Br)c1OS(=O)(=O)c1cccc([N+](=O)[O-])c1. The Kier molecular flexibility index (Phi) is 7.66. The molecule has 0 spiro atoms. The topological polar surface area (TPSA) is 133 Å². The van der Waals surface area contributed by atoms with Gasteiger partial charge in [-0.1, -0.05) is 36.4 Å². The molecule has 0 bridgehead atoms. The van der Waals surface area contributed by atoms with Gasteiger partial charge < -0.3 is 8.92 Å². The number of benzene rings is 3. The number of nitro benzene ring substituents is 1. The van der Waals surface area contributed by atoms with Crippen LogP contribution in [0.2, 0.25) is 0 Å². The number of ether oxygens (including phenoxy) is 1. The molecule has 0 saturated carbocycles. The summed E-state index contributed by atoms with van der Waals surface area (Å²) in [5.74, 6) is -0.635. The zero-order chi connectivity index (χ0) is 26.7. The van der Waals surface area contributed by atoms with E-state index in [4.69, 9.17) is 8.92 Å². The van der Waals surface area contributed by atoms with Gasteiger partial charge in [-0.05, 0) is 63.1 Å². The maximum absolute atomic E-state index is 12.9. The van der Waals surface area contributed by atoms with Crippen molar-refractivity contribution in [2.45, 2.75) is 11.4 Å². The molecule has 37 heavy (non-hydrogen) atoms. The number of nitrogens with zero attached hydrogens (tertiary/aromatic N) is 2. The molecule has 1 aliphatic heterocycles. The quantitative estimate of drug-likeness (QED) is 0.144. The molecule has 1 saturated heterocycles. The van der Waals surface area contributed by atoms with Crippen molar-refractivity contribution < 1.29 is 31.9 Å². The third kappa shape index (κ3) is 5.84. The van der Waals surface area contributed by atoms with Gasteiger partial charge in [0.05, 0.1) is 28.0 Å². The predicted molar refractivity (Wildman–Crippen MR) is 140 cm³/mol. The molecule has 1 aliphatic rings. The molecule has 10 nitrogen and oxygen atoms in total. The molecule has 0 aliphatic carbocycles. The number of non-ortho nitro benzene ring substituents is 1. The smallest absolute Gasteiger partial charge is 0.339 e. The van der Waals surface area contributed by atoms with Crippen LogP contribution in [0.3, 0.4) is 0 Å². The van der Waals surface area contributed by atoms with Gasteiger partial charge in [-0.2, -0.15) is 8.42 Å². The van der Waals surface area contributed by atoms with Gasteiger partial charge >= 0.3 is 10.1 Å². The van der Waals surface area contributed by atoms with Gasteiger partial charge in [0.2, 0.25) is 0 Å². The van der Waals surface area contributed by atoms with Gasteiger partial charge in [0.15, 0.2) is 11.5 Å². The van der Waals surface area contributed by atoms with Crippen molar-refractivity contribution in [2.24, 2.45) is 0 Å². The summed E-state index contributed by atoms with van der Waals surface area (Å²) in [7, 11) is -3.15. The first-order valence-electron chi connectivity index (χ1n) is 10.4. The van der Waals surface area contributed by atoms with Crippen LogP contribution in [0, 0.1) is 10.1 Å². The molecule has 4 rings (SSSR count). The van der Waals surface area contributed by atoms with E-state index in [-0.39, 0.29) is 27.4 Å². The lowest BCUT2D eigenvalue weighted by Crippen LogP contribution is -2.27. The Morgan fingerprint density at radius 1 is 1.08 bits per heavy atom. The molecule has 0 aromatic heterocycles. The minimum atomic E-state index is -4.45. The van der Waals surface area contributed by atoms with Gasteiger partial charge in [0, 0.05) is 12.1 Å². The summed E-state index contributed by atoms with van der Waals surface area (Å²) in [6.07, 6.45) is 1.49. The number of halogens is 1. The van der Waals surface area contributed by atoms with E-state index in [1.807, 2.05) is 30.3 Å². The van der Waals surface area contributed by atoms with Crippen LogP contribution in [0.1, 0.15) is 11.1 Å². The number of thioether (sulfide) groups is 1. The van der Waals surface area contributed by atoms with E-state index in [2.05, 4.69) is 15.9 Å². The second-order valence-electron chi connectivity index (χ2n) is 7.58. The Hall–Kier alpha value is -3.68. The number of amides is 2. The zero-order valence-corrected chi connectivity index (χ0v) is 22.2. The van der Waals surface area contributed by atoms with Crippen molar-refractivity contribution in [3.8, 4) is 11.5 Å². The highest BCUT2D eigenvalue weighted by Crippen LogP contribution is 2.40. The summed E-state index contributed by atoms with van der Waals surface area (Å²) in [5.41, 5.74) is 0.836. The molecule has 0 unspecified atom stereocenters. The fraction of sp³-hybridized carbons (Fsp3) is 0.0833. The first-order valence-corrected chi connectivity index (χ1v) is 13.5. The normalized spacial score (nSPS) is 14.8. The van der Waals surface area contributed by atoms with Gasteiger partial charge in [-0.15, -0.1) is 0 Å². The summed E-state index contributed by atoms with van der Waals surface area (Å²) in [5, 5.41) is 10.6. The van der Waals surface area contributed by atoms with Crippen LogP contribution in [0.15, 0.2) is 81.0 Å². The monoisotopic (exact) mass is 604 g/mol. The Labute approximate surface area is 224 Å². The number of carbonyl (C=O) groups excluding carboxylic acids is 2. The van der Waals surface area contributed by atoms with Crippen LogP contribution in [0.4, 0.5) is 10.5 Å². The summed E-state index contributed by atoms with van der Waals surface area (Å²) < 4.78 is 36.3. The van der Waals surface area contributed by atoms with E-state index in [9.17, 15) is 28.1 Å². The highest BCUT2D eigenvalue weighted by atomic mass is 79.9. The summed E-state index contributed by atoms with van der Waals surface area (Å²) in [6, 6.07) is 16.5. The third-order valence-electron chi connectivity index (χ3n) is 5.12. The van der Waals surface area contributed by atoms with Crippen molar-refractivity contribution in [2.75, 3.05) is 7.11 Å². The summed E-state index contributed by atoms with van der Waals surface area (Å²) in [4.78, 5) is 36.5. The van der Waals surface area contributed by atoms with Gasteiger partial charge in [0.1, 0.15) is 4.90 Å². The van der Waals surface area contributed by atoms with Crippen LogP contribution in [0.5, 0.6) is 11.5 Å². The number of nitro groups is 1. The maximum atomic E-state index is 12.9. The molecule has 0 atom stereocenters. The average molecular weight is 605 g/mol. The molecular formula is C24H17BrN2O8S2. The second-order valence-corrected chi connectivity index (χ2v) is 11.0. The average Bonchev–Trinajstić information content (AvgIpc) is 3.13. The molecule has 3 aromatic carbocycles. The first kappa shape index (κ1) is 26.4. The standard InChI is InChI=1S/C24H17BrN2O8S2/c1-34-20-11-16(12-21-23(28)26(24(29)36-21)14-15-6-3-2-4-7-15)10-19(25)22(20)35-37(32,33)18-9-5-8-17(13-18)27(30)31/h2-13H,14H2,1H3/b21-12-. The van der Waals surface area contributed by atoms with Crippen molar-refractivity contribution in [3.63, 3.8) is 0 Å². The van der Waals surface area contributed by atoms with E-state index in [0.29, 0.717) is 5.56 Å². The van der Waals surface area contributed by atoms with Gasteiger partial charge in [0.25, 0.3) is 16.8 Å². The highest BCUT2D eigenvalue weighted by Gasteiger charge is 2.35. The maximum Gasteiger partial charge on any atom is 0.339 e. The largest absolute Gasteiger partial charge is 0.493 e. The van der Waals surface area contributed by atoms with Gasteiger partial charge in [-0.3, -0.25) is 24.6 Å². The Morgan fingerprint density at radius 3 is 2.49 bits per heavy atom. The fourth-order valence-electron chi connectivity index (χ4n) is 3.37. The second kappa shape index (κ2) is 10.7. The molecule has 1 heterocycles. The van der Waals surface area contributed by atoms with Crippen LogP contribution < -0.4 is 8.92 Å². The molecule has 1 fully saturated rings. The number of hydrogen-bond donors (Lipinski definition) is 0. The Balaban J connectivity index is 1.61. The minimum Gasteiger partial charge on any atom is -0.493 e. The highest BCUT2D eigenvalue weighted by molar-refractivity contribution is 9.10. The molecule has 190 valence electrons. The van der Waals surface area contributed by atoms with E-state index in [0.717, 1.165) is 34.4 Å². The van der Waals surface area contributed by atoms with Gasteiger partial charge in [-0.25, -0.2) is 0 Å². The third-order valence-corrected chi connectivity index (χ3v) is 7.83. The molecule has 2 amide bonds. The van der Waals surface area contributed by atoms with Crippen LogP contribution in [-0.2, 0) is 21.5 Å². The van der Waals surface area contributed by atoms with E-state index in [1.54, 1.807) is 0 Å². The summed E-state index contributed by atoms with van der Waals surface area (Å²) in [6.45, 7) is 0.137. The van der Waals surface area contributed by atoms with Crippen molar-refractivity contribution in [3.05, 3.63) is 97.3 Å². The lowest BCUT2D eigenvalue weighted by atomic mass is 10.1. The van der Waals surface area contributed by atoms with E-state index in [1.165, 1.54) is 37.5 Å². The molecule has 13 heteroatoms. The number of imide groups is 1. The van der Waals surface area contributed by atoms with Crippen LogP contribution in [0.25, 0.3) is 6.08 Å². The molecular weight excluding hydrogens is 588 g/mol.